The molecule has 4 nitrogen and oxygen atoms in total. The van der Waals surface area contributed by atoms with Crippen LogP contribution in [0.5, 0.6) is 0 Å². The summed E-state index contributed by atoms with van der Waals surface area (Å²) in [7, 11) is 0. The lowest BCUT2D eigenvalue weighted by molar-refractivity contribution is 1.28. The summed E-state index contributed by atoms with van der Waals surface area (Å²) in [4.78, 5) is 8.19. The molecule has 0 atom stereocenters. The molecule has 0 saturated carbocycles. The maximum atomic E-state index is 8.66. The Kier molecular flexibility index (Phi) is 2.13. The molecule has 0 aliphatic heterocycles. The number of rotatable bonds is 1. The topological polar surface area (TPSA) is 75.6 Å². The monoisotopic (exact) mass is 202 g/mol. The van der Waals surface area contributed by atoms with Crippen molar-refractivity contribution in [2.45, 2.75) is 0 Å². The molecule has 2 N–H and O–H groups in total. The highest BCUT2D eigenvalue weighted by molar-refractivity contribution is 7.13. The maximum absolute atomic E-state index is 8.66. The van der Waals surface area contributed by atoms with Gasteiger partial charge in [-0.15, -0.1) is 11.3 Å². The summed E-state index contributed by atoms with van der Waals surface area (Å²) >= 11 is 1.49. The summed E-state index contributed by atoms with van der Waals surface area (Å²) in [5.74, 6) is 0.250. The van der Waals surface area contributed by atoms with E-state index in [1.165, 1.54) is 11.3 Å². The second-order valence-corrected chi connectivity index (χ2v) is 3.47. The van der Waals surface area contributed by atoms with Crippen LogP contribution in [0, 0.1) is 11.3 Å². The molecule has 0 aromatic carbocycles. The number of nitrogens with zero attached hydrogens (tertiary/aromatic N) is 3. The fraction of sp³-hybridized carbons (Fsp3) is 0. The maximum Gasteiger partial charge on any atom is 0.142 e. The van der Waals surface area contributed by atoms with Crippen LogP contribution in [0.1, 0.15) is 5.56 Å². The first-order valence-electron chi connectivity index (χ1n) is 3.88. The molecule has 0 spiro atoms. The molecule has 0 unspecified atom stereocenters. The van der Waals surface area contributed by atoms with Gasteiger partial charge in [-0.3, -0.25) is 0 Å². The lowest BCUT2D eigenvalue weighted by atomic mass is 10.2. The minimum absolute atomic E-state index is 0.250. The van der Waals surface area contributed by atoms with Crippen molar-refractivity contribution in [3.05, 3.63) is 29.3 Å². The van der Waals surface area contributed by atoms with Crippen molar-refractivity contribution in [2.24, 2.45) is 0 Å². The predicted molar refractivity (Wildman–Crippen MR) is 54.5 cm³/mol. The Labute approximate surface area is 84.7 Å². The number of hydrogen-bond acceptors (Lipinski definition) is 5. The van der Waals surface area contributed by atoms with Crippen LogP contribution in [-0.4, -0.2) is 9.97 Å². The summed E-state index contributed by atoms with van der Waals surface area (Å²) < 4.78 is 0. The SMILES string of the molecule is N#Cc1ccc(-c2nccs2)nc1N. The third-order valence-electron chi connectivity index (χ3n) is 1.70. The summed E-state index contributed by atoms with van der Waals surface area (Å²) in [6, 6.07) is 5.36. The van der Waals surface area contributed by atoms with E-state index in [2.05, 4.69) is 9.97 Å². The Morgan fingerprint density at radius 3 is 2.86 bits per heavy atom. The molecule has 14 heavy (non-hydrogen) atoms. The van der Waals surface area contributed by atoms with Gasteiger partial charge in [-0.2, -0.15) is 5.26 Å². The van der Waals surface area contributed by atoms with Crippen LogP contribution in [0.15, 0.2) is 23.7 Å². The number of thiazole rings is 1. The molecule has 2 heterocycles. The summed E-state index contributed by atoms with van der Waals surface area (Å²) in [6.45, 7) is 0. The molecule has 0 amide bonds. The first-order chi connectivity index (χ1) is 6.81. The van der Waals surface area contributed by atoms with Crippen LogP contribution in [-0.2, 0) is 0 Å². The molecule has 0 bridgehead atoms. The van der Waals surface area contributed by atoms with Gasteiger partial charge in [0.15, 0.2) is 0 Å². The number of aromatic nitrogens is 2. The van der Waals surface area contributed by atoms with Crippen molar-refractivity contribution in [1.82, 2.24) is 9.97 Å². The molecule has 0 fully saturated rings. The van der Waals surface area contributed by atoms with Gasteiger partial charge in [-0.1, -0.05) is 0 Å². The molecule has 2 rings (SSSR count). The van der Waals surface area contributed by atoms with Gasteiger partial charge in [0.05, 0.1) is 5.56 Å². The van der Waals surface area contributed by atoms with E-state index in [0.29, 0.717) is 11.3 Å². The van der Waals surface area contributed by atoms with Crippen molar-refractivity contribution in [1.29, 1.82) is 5.26 Å². The van der Waals surface area contributed by atoms with Gasteiger partial charge in [-0.05, 0) is 12.1 Å². The van der Waals surface area contributed by atoms with E-state index in [4.69, 9.17) is 11.0 Å². The van der Waals surface area contributed by atoms with E-state index in [0.717, 1.165) is 5.01 Å². The zero-order valence-corrected chi connectivity index (χ0v) is 7.95. The van der Waals surface area contributed by atoms with Crippen molar-refractivity contribution >= 4 is 17.2 Å². The predicted octanol–water partition coefficient (Wildman–Crippen LogP) is 1.66. The summed E-state index contributed by atoms with van der Waals surface area (Å²) in [5, 5.41) is 11.3. The van der Waals surface area contributed by atoms with Gasteiger partial charge < -0.3 is 5.73 Å². The molecule has 0 radical (unpaired) electrons. The van der Waals surface area contributed by atoms with Crippen LogP contribution in [0.4, 0.5) is 5.82 Å². The molecule has 0 aliphatic carbocycles. The first-order valence-corrected chi connectivity index (χ1v) is 4.75. The highest BCUT2D eigenvalue weighted by atomic mass is 32.1. The van der Waals surface area contributed by atoms with E-state index >= 15 is 0 Å². The van der Waals surface area contributed by atoms with Gasteiger partial charge in [0.25, 0.3) is 0 Å². The van der Waals surface area contributed by atoms with Crippen LogP contribution in [0.2, 0.25) is 0 Å². The molecule has 68 valence electrons. The first kappa shape index (κ1) is 8.66. The van der Waals surface area contributed by atoms with Crippen molar-refractivity contribution in [3.8, 4) is 16.8 Å². The van der Waals surface area contributed by atoms with E-state index < -0.39 is 0 Å². The Morgan fingerprint density at radius 2 is 2.29 bits per heavy atom. The average Bonchev–Trinajstić information content (AvgIpc) is 2.70. The van der Waals surface area contributed by atoms with Gasteiger partial charge in [0, 0.05) is 11.6 Å². The van der Waals surface area contributed by atoms with Crippen LogP contribution >= 0.6 is 11.3 Å². The molecule has 0 aliphatic rings. The Morgan fingerprint density at radius 1 is 1.43 bits per heavy atom. The number of nitriles is 1. The normalized spacial score (nSPS) is 9.64. The van der Waals surface area contributed by atoms with E-state index in [1.807, 2.05) is 11.4 Å². The number of nitrogens with two attached hydrogens (primary N) is 1. The van der Waals surface area contributed by atoms with Crippen LogP contribution < -0.4 is 5.73 Å². The second kappa shape index (κ2) is 3.44. The fourth-order valence-corrected chi connectivity index (χ4v) is 1.65. The van der Waals surface area contributed by atoms with E-state index in [1.54, 1.807) is 18.3 Å². The molecular formula is C9H6N4S. The zero-order valence-electron chi connectivity index (χ0n) is 7.14. The van der Waals surface area contributed by atoms with Gasteiger partial charge >= 0.3 is 0 Å². The Bertz CT molecular complexity index is 484. The minimum Gasteiger partial charge on any atom is -0.383 e. The van der Waals surface area contributed by atoms with Crippen LogP contribution in [0.3, 0.4) is 0 Å². The average molecular weight is 202 g/mol. The van der Waals surface area contributed by atoms with Gasteiger partial charge in [0.1, 0.15) is 22.6 Å². The summed E-state index contributed by atoms with van der Waals surface area (Å²) in [6.07, 6.45) is 1.70. The Hall–Kier alpha value is -1.93. The zero-order chi connectivity index (χ0) is 9.97. The fourth-order valence-electron chi connectivity index (χ4n) is 1.04. The third kappa shape index (κ3) is 1.43. The lowest BCUT2D eigenvalue weighted by Gasteiger charge is -1.98. The van der Waals surface area contributed by atoms with Crippen molar-refractivity contribution in [3.63, 3.8) is 0 Å². The van der Waals surface area contributed by atoms with E-state index in [-0.39, 0.29) is 5.82 Å². The standard InChI is InChI=1S/C9H6N4S/c10-5-6-1-2-7(13-8(6)11)9-12-3-4-14-9/h1-4H,(H2,11,13). The quantitative estimate of drug-likeness (QED) is 0.763. The van der Waals surface area contributed by atoms with Crippen LogP contribution in [0.25, 0.3) is 10.7 Å². The molecule has 5 heteroatoms. The van der Waals surface area contributed by atoms with Crippen molar-refractivity contribution in [2.75, 3.05) is 5.73 Å². The van der Waals surface area contributed by atoms with Gasteiger partial charge in [-0.25, -0.2) is 9.97 Å². The number of pyridine rings is 1. The largest absolute Gasteiger partial charge is 0.383 e. The van der Waals surface area contributed by atoms with Gasteiger partial charge in [0.2, 0.25) is 0 Å². The van der Waals surface area contributed by atoms with E-state index in [9.17, 15) is 0 Å². The molecular weight excluding hydrogens is 196 g/mol. The highest BCUT2D eigenvalue weighted by Crippen LogP contribution is 2.21. The molecule has 0 saturated heterocycles. The smallest absolute Gasteiger partial charge is 0.142 e. The number of hydrogen-bond donors (Lipinski definition) is 1. The summed E-state index contributed by atoms with van der Waals surface area (Å²) in [5.41, 5.74) is 6.68. The minimum atomic E-state index is 0.250. The Balaban J connectivity index is 2.49. The number of nitrogen functional groups attached to an aromatic ring is 1. The molecule has 2 aromatic heterocycles. The third-order valence-corrected chi connectivity index (χ3v) is 2.49. The second-order valence-electron chi connectivity index (χ2n) is 2.58. The van der Waals surface area contributed by atoms with Crippen molar-refractivity contribution < 1.29 is 0 Å². The lowest BCUT2D eigenvalue weighted by Crippen LogP contribution is -1.95. The number of anilines is 1. The highest BCUT2D eigenvalue weighted by Gasteiger charge is 2.05. The molecule has 2 aromatic rings.